The first-order chi connectivity index (χ1) is 8.59. The Balaban J connectivity index is 2.46. The Morgan fingerprint density at radius 3 is 2.56 bits per heavy atom. The van der Waals surface area contributed by atoms with Gasteiger partial charge in [-0.3, -0.25) is 0 Å². The summed E-state index contributed by atoms with van der Waals surface area (Å²) in [5, 5.41) is 8.99. The summed E-state index contributed by atoms with van der Waals surface area (Å²) in [5.74, 6) is -1.75. The average Bonchev–Trinajstić information content (AvgIpc) is 2.34. The van der Waals surface area contributed by atoms with Gasteiger partial charge in [-0.15, -0.1) is 0 Å². The van der Waals surface area contributed by atoms with E-state index in [0.717, 1.165) is 5.56 Å². The summed E-state index contributed by atoms with van der Waals surface area (Å²) in [6.45, 7) is 1.80. The molecule has 0 aliphatic carbocycles. The summed E-state index contributed by atoms with van der Waals surface area (Å²) < 4.78 is 19.0. The van der Waals surface area contributed by atoms with E-state index in [2.05, 4.69) is 0 Å². The predicted molar refractivity (Wildman–Crippen MR) is 64.6 cm³/mol. The molecule has 3 nitrogen and oxygen atoms in total. The van der Waals surface area contributed by atoms with E-state index in [1.807, 2.05) is 6.07 Å². The van der Waals surface area contributed by atoms with Gasteiger partial charge in [-0.05, 0) is 30.7 Å². The summed E-state index contributed by atoms with van der Waals surface area (Å²) in [4.78, 5) is 11.0. The van der Waals surface area contributed by atoms with Crippen LogP contribution in [-0.2, 0) is 0 Å². The van der Waals surface area contributed by atoms with E-state index < -0.39 is 11.8 Å². The van der Waals surface area contributed by atoms with E-state index in [1.165, 1.54) is 18.2 Å². The Labute approximate surface area is 103 Å². The van der Waals surface area contributed by atoms with Crippen LogP contribution in [0.15, 0.2) is 42.5 Å². The van der Waals surface area contributed by atoms with Crippen molar-refractivity contribution >= 4 is 5.97 Å². The van der Waals surface area contributed by atoms with Gasteiger partial charge in [0, 0.05) is 0 Å². The van der Waals surface area contributed by atoms with Crippen molar-refractivity contribution in [3.8, 4) is 11.5 Å². The number of ether oxygens (including phenoxy) is 1. The van der Waals surface area contributed by atoms with Crippen LogP contribution in [0.25, 0.3) is 0 Å². The lowest BCUT2D eigenvalue weighted by atomic mass is 10.2. The highest BCUT2D eigenvalue weighted by atomic mass is 19.1. The van der Waals surface area contributed by atoms with Crippen LogP contribution in [0, 0.1) is 12.7 Å². The second-order valence-corrected chi connectivity index (χ2v) is 3.79. The van der Waals surface area contributed by atoms with Gasteiger partial charge in [0.15, 0.2) is 11.6 Å². The van der Waals surface area contributed by atoms with Gasteiger partial charge in [0.25, 0.3) is 0 Å². The monoisotopic (exact) mass is 246 g/mol. The van der Waals surface area contributed by atoms with E-state index in [-0.39, 0.29) is 11.3 Å². The van der Waals surface area contributed by atoms with Crippen LogP contribution >= 0.6 is 0 Å². The van der Waals surface area contributed by atoms with Crippen molar-refractivity contribution < 1.29 is 19.0 Å². The normalized spacial score (nSPS) is 10.1. The fraction of sp³-hybridized carbons (Fsp3) is 0.0714. The average molecular weight is 246 g/mol. The Morgan fingerprint density at radius 1 is 1.17 bits per heavy atom. The molecule has 2 aromatic rings. The number of benzene rings is 2. The van der Waals surface area contributed by atoms with Crippen LogP contribution in [0.2, 0.25) is 0 Å². The molecule has 18 heavy (non-hydrogen) atoms. The maximum atomic E-state index is 13.6. The third-order valence-corrected chi connectivity index (χ3v) is 2.50. The molecule has 1 N–H and O–H groups in total. The van der Waals surface area contributed by atoms with Crippen LogP contribution in [-0.4, -0.2) is 11.1 Å². The summed E-state index contributed by atoms with van der Waals surface area (Å²) in [5.41, 5.74) is 0.607. The zero-order valence-electron chi connectivity index (χ0n) is 9.68. The molecule has 0 saturated heterocycles. The highest BCUT2D eigenvalue weighted by molar-refractivity contribution is 5.91. The Hall–Kier alpha value is -2.36. The summed E-state index contributed by atoms with van der Waals surface area (Å²) in [7, 11) is 0. The number of halogens is 1. The number of carbonyl (C=O) groups is 1. The van der Waals surface area contributed by atoms with Gasteiger partial charge in [-0.25, -0.2) is 9.18 Å². The molecule has 4 heteroatoms. The lowest BCUT2D eigenvalue weighted by molar-refractivity contribution is 0.0693. The molecule has 0 amide bonds. The lowest BCUT2D eigenvalue weighted by Gasteiger charge is -2.11. The van der Waals surface area contributed by atoms with Crippen LogP contribution in [0.5, 0.6) is 11.5 Å². The fourth-order valence-electron chi connectivity index (χ4n) is 1.56. The maximum Gasteiger partial charge on any atom is 0.339 e. The van der Waals surface area contributed by atoms with Gasteiger partial charge in [0.2, 0.25) is 0 Å². The molecule has 2 rings (SSSR count). The van der Waals surface area contributed by atoms with E-state index >= 15 is 0 Å². The minimum Gasteiger partial charge on any atom is -0.478 e. The van der Waals surface area contributed by atoms with E-state index in [9.17, 15) is 9.18 Å². The standard InChI is InChI=1S/C14H11FO3/c1-9-5-2-3-8-12(9)18-13-10(14(16)17)6-4-7-11(13)15/h2-8H,1H3,(H,16,17). The van der Waals surface area contributed by atoms with Crippen molar-refractivity contribution in [1.82, 2.24) is 0 Å². The molecule has 0 aliphatic rings. The molecule has 0 unspecified atom stereocenters. The fourth-order valence-corrected chi connectivity index (χ4v) is 1.56. The molecule has 0 radical (unpaired) electrons. The van der Waals surface area contributed by atoms with Gasteiger partial charge < -0.3 is 9.84 Å². The zero-order chi connectivity index (χ0) is 13.1. The second kappa shape index (κ2) is 4.87. The molecule has 0 fully saturated rings. The number of rotatable bonds is 3. The van der Waals surface area contributed by atoms with Gasteiger partial charge in [0.1, 0.15) is 11.3 Å². The summed E-state index contributed by atoms with van der Waals surface area (Å²) in [6, 6.07) is 10.8. The highest BCUT2D eigenvalue weighted by Crippen LogP contribution is 2.30. The predicted octanol–water partition coefficient (Wildman–Crippen LogP) is 3.62. The topological polar surface area (TPSA) is 46.5 Å². The summed E-state index contributed by atoms with van der Waals surface area (Å²) >= 11 is 0. The quantitative estimate of drug-likeness (QED) is 0.899. The number of carboxylic acids is 1. The molecular weight excluding hydrogens is 235 g/mol. The van der Waals surface area contributed by atoms with Crippen molar-refractivity contribution in [3.05, 3.63) is 59.4 Å². The number of para-hydroxylation sites is 2. The van der Waals surface area contributed by atoms with E-state index in [4.69, 9.17) is 9.84 Å². The first-order valence-corrected chi connectivity index (χ1v) is 5.35. The van der Waals surface area contributed by atoms with E-state index in [0.29, 0.717) is 5.75 Å². The number of hydrogen-bond acceptors (Lipinski definition) is 2. The van der Waals surface area contributed by atoms with Crippen molar-refractivity contribution in [2.75, 3.05) is 0 Å². The maximum absolute atomic E-state index is 13.6. The second-order valence-electron chi connectivity index (χ2n) is 3.79. The first-order valence-electron chi connectivity index (χ1n) is 5.35. The minimum absolute atomic E-state index is 0.196. The molecule has 0 heterocycles. The third kappa shape index (κ3) is 2.32. The SMILES string of the molecule is Cc1ccccc1Oc1c(F)cccc1C(=O)O. The van der Waals surface area contributed by atoms with E-state index in [1.54, 1.807) is 25.1 Å². The number of hydrogen-bond donors (Lipinski definition) is 1. The molecule has 0 spiro atoms. The first kappa shape index (κ1) is 12.1. The molecule has 0 aliphatic heterocycles. The molecule has 92 valence electrons. The number of carboxylic acid groups (broad SMARTS) is 1. The smallest absolute Gasteiger partial charge is 0.339 e. The Morgan fingerprint density at radius 2 is 1.89 bits per heavy atom. The van der Waals surface area contributed by atoms with Crippen molar-refractivity contribution in [2.24, 2.45) is 0 Å². The molecule has 0 saturated carbocycles. The summed E-state index contributed by atoms with van der Waals surface area (Å²) in [6.07, 6.45) is 0. The molecule has 2 aromatic carbocycles. The molecular formula is C14H11FO3. The number of aromatic carboxylic acids is 1. The largest absolute Gasteiger partial charge is 0.478 e. The lowest BCUT2D eigenvalue weighted by Crippen LogP contribution is -2.02. The Bertz CT molecular complexity index is 593. The molecule has 0 atom stereocenters. The van der Waals surface area contributed by atoms with Gasteiger partial charge in [-0.2, -0.15) is 0 Å². The van der Waals surface area contributed by atoms with Gasteiger partial charge in [-0.1, -0.05) is 24.3 Å². The molecule has 0 bridgehead atoms. The number of aryl methyl sites for hydroxylation is 1. The van der Waals surface area contributed by atoms with Gasteiger partial charge in [0.05, 0.1) is 0 Å². The van der Waals surface area contributed by atoms with Crippen LogP contribution < -0.4 is 4.74 Å². The van der Waals surface area contributed by atoms with Crippen LogP contribution in [0.3, 0.4) is 0 Å². The van der Waals surface area contributed by atoms with Crippen LogP contribution in [0.1, 0.15) is 15.9 Å². The zero-order valence-corrected chi connectivity index (χ0v) is 9.68. The Kier molecular flexibility index (Phi) is 3.28. The van der Waals surface area contributed by atoms with Crippen molar-refractivity contribution in [1.29, 1.82) is 0 Å². The van der Waals surface area contributed by atoms with Gasteiger partial charge >= 0.3 is 5.97 Å². The molecule has 0 aromatic heterocycles. The minimum atomic E-state index is -1.22. The highest BCUT2D eigenvalue weighted by Gasteiger charge is 2.16. The van der Waals surface area contributed by atoms with Crippen molar-refractivity contribution in [3.63, 3.8) is 0 Å². The van der Waals surface area contributed by atoms with Crippen molar-refractivity contribution in [2.45, 2.75) is 6.92 Å². The van der Waals surface area contributed by atoms with Crippen LogP contribution in [0.4, 0.5) is 4.39 Å². The third-order valence-electron chi connectivity index (χ3n) is 2.50.